The van der Waals surface area contributed by atoms with Gasteiger partial charge < -0.3 is 16.3 Å². The molecule has 168 valence electrons. The normalized spacial score (nSPS) is 11.2. The van der Waals surface area contributed by atoms with Crippen molar-refractivity contribution < 1.29 is 18.3 Å². The van der Waals surface area contributed by atoms with Crippen molar-refractivity contribution >= 4 is 23.3 Å². The van der Waals surface area contributed by atoms with E-state index in [0.29, 0.717) is 11.3 Å². The van der Waals surface area contributed by atoms with Crippen LogP contribution in [0.25, 0.3) is 0 Å². The van der Waals surface area contributed by atoms with Gasteiger partial charge in [-0.3, -0.25) is 10.1 Å². The van der Waals surface area contributed by atoms with Crippen LogP contribution in [-0.4, -0.2) is 12.5 Å². The van der Waals surface area contributed by atoms with Gasteiger partial charge in [-0.05, 0) is 17.2 Å². The van der Waals surface area contributed by atoms with Crippen molar-refractivity contribution in [2.24, 2.45) is 5.73 Å². The molecule has 0 radical (unpaired) electrons. The molecule has 1 aromatic heterocycles. The monoisotopic (exact) mass is 460 g/mol. The van der Waals surface area contributed by atoms with Gasteiger partial charge in [-0.2, -0.15) is 8.78 Å². The molecule has 3 aromatic rings. The molecule has 4 N–H and O–H groups in total. The third-order valence-electron chi connectivity index (χ3n) is 4.96. The van der Waals surface area contributed by atoms with Crippen molar-refractivity contribution in [1.82, 2.24) is 5.32 Å². The summed E-state index contributed by atoms with van der Waals surface area (Å²) < 4.78 is 29.2. The third kappa shape index (κ3) is 5.72. The number of rotatable bonds is 9. The first-order chi connectivity index (χ1) is 15.3. The SMILES string of the molecule is NCc1ccccc1CNC(=O)Cc1c(Cl)ccc(NCC(F)(F)c2ccccc2)[n+]1[O-]. The molecule has 0 saturated carbocycles. The van der Waals surface area contributed by atoms with Gasteiger partial charge in [0.1, 0.15) is 5.69 Å². The highest BCUT2D eigenvalue weighted by Gasteiger charge is 2.34. The number of anilines is 1. The highest BCUT2D eigenvalue weighted by Crippen LogP contribution is 2.28. The fourth-order valence-corrected chi connectivity index (χ4v) is 3.38. The molecule has 0 aliphatic carbocycles. The lowest BCUT2D eigenvalue weighted by Crippen LogP contribution is -2.40. The zero-order valence-corrected chi connectivity index (χ0v) is 17.9. The van der Waals surface area contributed by atoms with E-state index >= 15 is 0 Å². The summed E-state index contributed by atoms with van der Waals surface area (Å²) in [6.45, 7) is -0.216. The topological polar surface area (TPSA) is 94.1 Å². The lowest BCUT2D eigenvalue weighted by Gasteiger charge is -2.18. The Labute approximate surface area is 189 Å². The quantitative estimate of drug-likeness (QED) is 0.336. The second kappa shape index (κ2) is 10.4. The van der Waals surface area contributed by atoms with Crippen LogP contribution < -0.4 is 21.1 Å². The first kappa shape index (κ1) is 23.4. The summed E-state index contributed by atoms with van der Waals surface area (Å²) >= 11 is 6.10. The van der Waals surface area contributed by atoms with Crippen molar-refractivity contribution in [2.45, 2.75) is 25.4 Å². The summed E-state index contributed by atoms with van der Waals surface area (Å²) in [5.41, 5.74) is 7.25. The summed E-state index contributed by atoms with van der Waals surface area (Å²) in [6, 6.07) is 17.4. The van der Waals surface area contributed by atoms with Gasteiger partial charge in [0.15, 0.2) is 6.54 Å². The Morgan fingerprint density at radius 2 is 1.69 bits per heavy atom. The second-order valence-corrected chi connectivity index (χ2v) is 7.57. The molecule has 0 fully saturated rings. The van der Waals surface area contributed by atoms with Crippen molar-refractivity contribution in [2.75, 3.05) is 11.9 Å². The minimum atomic E-state index is -3.19. The molecular weight excluding hydrogens is 438 g/mol. The van der Waals surface area contributed by atoms with Gasteiger partial charge in [0, 0.05) is 24.7 Å². The first-order valence-corrected chi connectivity index (χ1v) is 10.3. The third-order valence-corrected chi connectivity index (χ3v) is 5.30. The first-order valence-electron chi connectivity index (χ1n) is 9.93. The highest BCUT2D eigenvalue weighted by atomic mass is 35.5. The van der Waals surface area contributed by atoms with Gasteiger partial charge in [-0.1, -0.05) is 66.2 Å². The Kier molecular flexibility index (Phi) is 7.61. The van der Waals surface area contributed by atoms with Crippen LogP contribution in [-0.2, 0) is 30.2 Å². The minimum absolute atomic E-state index is 0.0377. The maximum atomic E-state index is 14.4. The summed E-state index contributed by atoms with van der Waals surface area (Å²) in [5, 5.41) is 17.9. The van der Waals surface area contributed by atoms with E-state index in [2.05, 4.69) is 10.6 Å². The average Bonchev–Trinajstić information content (AvgIpc) is 2.80. The Morgan fingerprint density at radius 3 is 2.38 bits per heavy atom. The number of hydrogen-bond donors (Lipinski definition) is 3. The van der Waals surface area contributed by atoms with Gasteiger partial charge in [-0.25, -0.2) is 4.73 Å². The summed E-state index contributed by atoms with van der Waals surface area (Å²) in [4.78, 5) is 12.4. The number of alkyl halides is 2. The Bertz CT molecular complexity index is 1080. The molecule has 0 aliphatic rings. The van der Waals surface area contributed by atoms with E-state index in [1.54, 1.807) is 6.07 Å². The molecular formula is C23H23ClF2N4O2. The largest absolute Gasteiger partial charge is 0.710 e. The molecule has 0 saturated heterocycles. The Morgan fingerprint density at radius 1 is 1.03 bits per heavy atom. The number of carbonyl (C=O) groups is 1. The maximum absolute atomic E-state index is 14.4. The number of amides is 1. The van der Waals surface area contributed by atoms with E-state index in [0.717, 1.165) is 11.1 Å². The zero-order valence-electron chi connectivity index (χ0n) is 17.2. The molecule has 1 heterocycles. The standard InChI is InChI=1S/C23H23ClF2N4O2/c24-19-10-11-21(29-15-23(25,26)18-8-2-1-3-9-18)30(32)20(19)12-22(31)28-14-17-7-5-4-6-16(17)13-27/h1-11,29H,12-15,27H2,(H,28,31). The summed E-state index contributed by atoms with van der Waals surface area (Å²) in [7, 11) is 0. The van der Waals surface area contributed by atoms with Gasteiger partial charge in [0.25, 0.3) is 5.82 Å². The fraction of sp³-hybridized carbons (Fsp3) is 0.217. The number of carbonyl (C=O) groups excluding carboxylic acids is 1. The smallest absolute Gasteiger partial charge is 0.309 e. The van der Waals surface area contributed by atoms with Crippen LogP contribution in [0.5, 0.6) is 0 Å². The predicted molar refractivity (Wildman–Crippen MR) is 119 cm³/mol. The molecule has 6 nitrogen and oxygen atoms in total. The van der Waals surface area contributed by atoms with Crippen LogP contribution in [0.2, 0.25) is 5.02 Å². The van der Waals surface area contributed by atoms with Crippen LogP contribution in [0.15, 0.2) is 66.7 Å². The second-order valence-electron chi connectivity index (χ2n) is 7.16. The Balaban J connectivity index is 1.67. The number of pyridine rings is 1. The predicted octanol–water partition coefficient (Wildman–Crippen LogP) is 3.49. The Hall–Kier alpha value is -3.23. The van der Waals surface area contributed by atoms with Crippen molar-refractivity contribution in [3.8, 4) is 0 Å². The number of nitrogens with two attached hydrogens (primary N) is 1. The average molecular weight is 461 g/mol. The van der Waals surface area contributed by atoms with E-state index in [9.17, 15) is 18.8 Å². The maximum Gasteiger partial charge on any atom is 0.309 e. The van der Waals surface area contributed by atoms with E-state index < -0.39 is 18.4 Å². The van der Waals surface area contributed by atoms with Gasteiger partial charge >= 0.3 is 5.92 Å². The van der Waals surface area contributed by atoms with Gasteiger partial charge in [0.2, 0.25) is 5.91 Å². The van der Waals surface area contributed by atoms with E-state index in [4.69, 9.17) is 17.3 Å². The molecule has 32 heavy (non-hydrogen) atoms. The fourth-order valence-electron chi connectivity index (χ4n) is 3.17. The lowest BCUT2D eigenvalue weighted by molar-refractivity contribution is -0.598. The molecule has 1 amide bonds. The highest BCUT2D eigenvalue weighted by molar-refractivity contribution is 6.31. The number of aromatic nitrogens is 1. The van der Waals surface area contributed by atoms with Crippen molar-refractivity contribution in [3.05, 3.63) is 99.3 Å². The number of nitrogens with one attached hydrogen (secondary N) is 2. The van der Waals surface area contributed by atoms with Crippen molar-refractivity contribution in [1.29, 1.82) is 0 Å². The molecule has 0 spiro atoms. The van der Waals surface area contributed by atoms with Crippen molar-refractivity contribution in [3.63, 3.8) is 0 Å². The van der Waals surface area contributed by atoms with Crippen LogP contribution in [0.4, 0.5) is 14.6 Å². The number of halogens is 3. The van der Waals surface area contributed by atoms with Crippen LogP contribution in [0.3, 0.4) is 0 Å². The van der Waals surface area contributed by atoms with E-state index in [-0.39, 0.29) is 35.1 Å². The van der Waals surface area contributed by atoms with E-state index in [1.807, 2.05) is 24.3 Å². The summed E-state index contributed by atoms with van der Waals surface area (Å²) in [6.07, 6.45) is -0.308. The van der Waals surface area contributed by atoms with Gasteiger partial charge in [-0.15, -0.1) is 0 Å². The number of nitrogens with zero attached hydrogens (tertiary/aromatic N) is 1. The summed E-state index contributed by atoms with van der Waals surface area (Å²) in [5.74, 6) is -3.75. The molecule has 0 unspecified atom stereocenters. The van der Waals surface area contributed by atoms with Crippen LogP contribution >= 0.6 is 11.6 Å². The molecule has 3 rings (SSSR count). The molecule has 2 aromatic carbocycles. The number of benzene rings is 2. The minimum Gasteiger partial charge on any atom is -0.710 e. The van der Waals surface area contributed by atoms with Crippen LogP contribution in [0.1, 0.15) is 22.4 Å². The molecule has 0 aliphatic heterocycles. The lowest BCUT2D eigenvalue weighted by atomic mass is 10.1. The molecule has 0 atom stereocenters. The van der Waals surface area contributed by atoms with Crippen LogP contribution in [0, 0.1) is 5.21 Å². The molecule has 0 bridgehead atoms. The molecule has 9 heteroatoms. The van der Waals surface area contributed by atoms with E-state index in [1.165, 1.54) is 36.4 Å². The zero-order chi connectivity index (χ0) is 23.1. The van der Waals surface area contributed by atoms with Gasteiger partial charge in [0.05, 0.1) is 11.4 Å². The number of hydrogen-bond acceptors (Lipinski definition) is 4.